The molecule has 0 bridgehead atoms. The lowest BCUT2D eigenvalue weighted by molar-refractivity contribution is -0.138. The van der Waals surface area contributed by atoms with E-state index in [9.17, 15) is 31.0 Å². The van der Waals surface area contributed by atoms with E-state index in [4.69, 9.17) is 4.78 Å². The zero-order valence-electron chi connectivity index (χ0n) is 18.1. The number of rotatable bonds is 6. The van der Waals surface area contributed by atoms with Crippen LogP contribution >= 0.6 is 0 Å². The van der Waals surface area contributed by atoms with Gasteiger partial charge in [0.2, 0.25) is 5.92 Å². The third-order valence-electron chi connectivity index (χ3n) is 6.81. The second kappa shape index (κ2) is 7.22. The molecular formula is C21H22F5N5O2S. The summed E-state index contributed by atoms with van der Waals surface area (Å²) in [4.78, 5) is 17.0. The summed E-state index contributed by atoms with van der Waals surface area (Å²) < 4.78 is 90.9. The molecule has 3 aliphatic rings. The number of carbonyl (C=O) groups excluding carboxylic acids is 1. The quantitative estimate of drug-likeness (QED) is 0.548. The van der Waals surface area contributed by atoms with Crippen molar-refractivity contribution in [3.05, 3.63) is 35.3 Å². The van der Waals surface area contributed by atoms with Gasteiger partial charge in [-0.1, -0.05) is 0 Å². The summed E-state index contributed by atoms with van der Waals surface area (Å²) in [5.41, 5.74) is -2.93. The molecule has 0 aliphatic heterocycles. The van der Waals surface area contributed by atoms with E-state index in [0.717, 1.165) is 17.0 Å². The smallest absolute Gasteiger partial charge is 0.320 e. The maximum absolute atomic E-state index is 14.1. The van der Waals surface area contributed by atoms with E-state index in [2.05, 4.69) is 15.4 Å². The molecule has 5 rings (SSSR count). The monoisotopic (exact) mass is 503 g/mol. The number of halogens is 5. The Labute approximate surface area is 192 Å². The zero-order chi connectivity index (χ0) is 24.7. The van der Waals surface area contributed by atoms with Crippen LogP contribution in [0.2, 0.25) is 0 Å². The van der Waals surface area contributed by atoms with Gasteiger partial charge >= 0.3 is 6.18 Å². The minimum Gasteiger partial charge on any atom is -0.320 e. The Morgan fingerprint density at radius 1 is 1.32 bits per heavy atom. The highest BCUT2D eigenvalue weighted by Crippen LogP contribution is 2.68. The Balaban J connectivity index is 1.54. The van der Waals surface area contributed by atoms with Gasteiger partial charge in [0.25, 0.3) is 5.91 Å². The summed E-state index contributed by atoms with van der Waals surface area (Å²) in [6.45, 7) is -0.192. The first-order valence-corrected chi connectivity index (χ1v) is 12.7. The summed E-state index contributed by atoms with van der Waals surface area (Å²) >= 11 is 0. The average Bonchev–Trinajstić information content (AvgIpc) is 3.57. The maximum atomic E-state index is 14.1. The van der Waals surface area contributed by atoms with Gasteiger partial charge in [-0.15, -0.1) is 0 Å². The number of hydrogen-bond acceptors (Lipinski definition) is 5. The van der Waals surface area contributed by atoms with Crippen molar-refractivity contribution in [3.63, 3.8) is 0 Å². The van der Waals surface area contributed by atoms with Crippen LogP contribution in [0.5, 0.6) is 0 Å². The topological polar surface area (TPSA) is 101 Å². The van der Waals surface area contributed by atoms with Crippen LogP contribution in [0.4, 0.5) is 27.6 Å². The number of amides is 1. The predicted molar refractivity (Wildman–Crippen MR) is 111 cm³/mol. The van der Waals surface area contributed by atoms with E-state index < -0.39 is 56.7 Å². The molecule has 1 unspecified atom stereocenters. The van der Waals surface area contributed by atoms with Crippen molar-refractivity contribution >= 4 is 21.3 Å². The number of alkyl halides is 5. The number of anilines is 1. The van der Waals surface area contributed by atoms with Crippen molar-refractivity contribution in [1.82, 2.24) is 14.8 Å². The van der Waals surface area contributed by atoms with E-state index in [1.807, 2.05) is 0 Å². The molecule has 13 heteroatoms. The van der Waals surface area contributed by atoms with E-state index in [0.29, 0.717) is 19.3 Å². The fourth-order valence-electron chi connectivity index (χ4n) is 5.07. The SMILES string of the molecule is C[S@](=N)(=O)c1cc(NC(=O)c2c(C(F)(F)F)c(C3CC3)nn2C[C@]23CC2CC(F)(F)C3)ccn1. The summed E-state index contributed by atoms with van der Waals surface area (Å²) in [6.07, 6.45) is -1.81. The number of fused-ring (bicyclic) bond motifs is 1. The number of nitrogens with one attached hydrogen (secondary N) is 2. The summed E-state index contributed by atoms with van der Waals surface area (Å²) in [6, 6.07) is 2.46. The third kappa shape index (κ3) is 4.18. The van der Waals surface area contributed by atoms with Crippen molar-refractivity contribution < 1.29 is 31.0 Å². The van der Waals surface area contributed by atoms with Crippen LogP contribution in [0.25, 0.3) is 0 Å². The molecule has 3 saturated carbocycles. The lowest BCUT2D eigenvalue weighted by Gasteiger charge is -2.18. The molecule has 0 spiro atoms. The standard InChI is InChI=1S/C21H22F5N5O2S/c1-34(27,33)14-6-13(4-5-28-14)29-18(32)17-15(21(24,25)26)16(11-2-3-11)30-31(17)10-19-7-12(19)8-20(22,23)9-19/h4-6,11-12,27H,2-3,7-10H2,1H3,(H,28,29,32)/t12?,19-,34+/m1/s1. The highest BCUT2D eigenvalue weighted by molar-refractivity contribution is 7.91. The summed E-state index contributed by atoms with van der Waals surface area (Å²) in [5.74, 6) is -4.71. The lowest BCUT2D eigenvalue weighted by atomic mass is 10.0. The van der Waals surface area contributed by atoms with E-state index in [1.165, 1.54) is 12.3 Å². The van der Waals surface area contributed by atoms with Crippen LogP contribution in [-0.2, 0) is 22.5 Å². The van der Waals surface area contributed by atoms with Crippen LogP contribution in [0.3, 0.4) is 0 Å². The predicted octanol–water partition coefficient (Wildman–Crippen LogP) is 4.90. The van der Waals surface area contributed by atoms with Crippen LogP contribution in [0.1, 0.15) is 59.8 Å². The molecule has 0 aromatic carbocycles. The maximum Gasteiger partial charge on any atom is 0.420 e. The average molecular weight is 503 g/mol. The fraction of sp³-hybridized carbons (Fsp3) is 0.571. The molecule has 2 N–H and O–H groups in total. The van der Waals surface area contributed by atoms with E-state index in [-0.39, 0.29) is 35.3 Å². The first kappa shape index (κ1) is 23.2. The Kier molecular flexibility index (Phi) is 4.92. The van der Waals surface area contributed by atoms with Gasteiger partial charge in [-0.2, -0.15) is 18.3 Å². The Bertz CT molecular complexity index is 1280. The first-order chi connectivity index (χ1) is 15.7. The highest BCUT2D eigenvalue weighted by Gasteiger charge is 2.67. The minimum absolute atomic E-state index is 0.0144. The van der Waals surface area contributed by atoms with Gasteiger partial charge in [-0.25, -0.2) is 22.8 Å². The molecule has 184 valence electrons. The Morgan fingerprint density at radius 3 is 2.59 bits per heavy atom. The van der Waals surface area contributed by atoms with Gasteiger partial charge in [-0.3, -0.25) is 9.48 Å². The largest absolute Gasteiger partial charge is 0.420 e. The minimum atomic E-state index is -4.87. The molecule has 1 amide bonds. The second-order valence-corrected chi connectivity index (χ2v) is 11.8. The van der Waals surface area contributed by atoms with Crippen LogP contribution in [-0.4, -0.2) is 37.1 Å². The number of aromatic nitrogens is 3. The normalized spacial score (nSPS) is 27.2. The first-order valence-electron chi connectivity index (χ1n) is 10.8. The molecule has 0 saturated heterocycles. The third-order valence-corrected chi connectivity index (χ3v) is 7.83. The molecule has 2 heterocycles. The van der Waals surface area contributed by atoms with Crippen LogP contribution < -0.4 is 5.32 Å². The van der Waals surface area contributed by atoms with Crippen molar-refractivity contribution in [3.8, 4) is 0 Å². The molecule has 0 radical (unpaired) electrons. The number of hydrogen-bond donors (Lipinski definition) is 2. The molecule has 34 heavy (non-hydrogen) atoms. The van der Waals surface area contributed by atoms with Gasteiger partial charge in [0.15, 0.2) is 0 Å². The number of pyridine rings is 1. The summed E-state index contributed by atoms with van der Waals surface area (Å²) in [7, 11) is -3.22. The van der Waals surface area contributed by atoms with Crippen molar-refractivity contribution in [1.29, 1.82) is 4.78 Å². The molecule has 2 aromatic rings. The molecule has 3 fully saturated rings. The van der Waals surface area contributed by atoms with Crippen molar-refractivity contribution in [2.75, 3.05) is 11.6 Å². The van der Waals surface area contributed by atoms with Gasteiger partial charge in [-0.05, 0) is 42.7 Å². The summed E-state index contributed by atoms with van der Waals surface area (Å²) in [5, 5.41) is 6.37. The Morgan fingerprint density at radius 2 is 2.03 bits per heavy atom. The van der Waals surface area contributed by atoms with Gasteiger partial charge < -0.3 is 5.32 Å². The highest BCUT2D eigenvalue weighted by atomic mass is 32.2. The van der Waals surface area contributed by atoms with Gasteiger partial charge in [0.1, 0.15) is 16.3 Å². The van der Waals surface area contributed by atoms with Gasteiger partial charge in [0.05, 0.1) is 15.4 Å². The van der Waals surface area contributed by atoms with Crippen molar-refractivity contribution in [2.24, 2.45) is 11.3 Å². The number of nitrogens with zero attached hydrogens (tertiary/aromatic N) is 3. The van der Waals surface area contributed by atoms with Crippen molar-refractivity contribution in [2.45, 2.75) is 61.7 Å². The second-order valence-electron chi connectivity index (χ2n) is 9.72. The molecule has 7 nitrogen and oxygen atoms in total. The zero-order valence-corrected chi connectivity index (χ0v) is 18.9. The van der Waals surface area contributed by atoms with Crippen LogP contribution in [0.15, 0.2) is 23.4 Å². The lowest BCUT2D eigenvalue weighted by Crippen LogP contribution is -2.25. The molecular weight excluding hydrogens is 481 g/mol. The Hall–Kier alpha value is -2.57. The molecule has 3 atom stereocenters. The van der Waals surface area contributed by atoms with E-state index >= 15 is 0 Å². The molecule has 2 aromatic heterocycles. The number of carbonyl (C=O) groups is 1. The fourth-order valence-corrected chi connectivity index (χ4v) is 5.68. The van der Waals surface area contributed by atoms with Crippen LogP contribution in [0, 0.1) is 16.1 Å². The van der Waals surface area contributed by atoms with E-state index in [1.54, 1.807) is 0 Å². The van der Waals surface area contributed by atoms with Gasteiger partial charge in [0, 0.05) is 43.4 Å². The molecule has 3 aliphatic carbocycles.